The zero-order chi connectivity index (χ0) is 39.1. The van der Waals surface area contributed by atoms with Crippen LogP contribution in [0, 0.1) is 12.8 Å². The summed E-state index contributed by atoms with van der Waals surface area (Å²) in [6.07, 6.45) is 4.25. The topological polar surface area (TPSA) is 137 Å². The van der Waals surface area contributed by atoms with Crippen LogP contribution in [0.1, 0.15) is 90.5 Å². The molecule has 2 aliphatic rings. The molecule has 1 saturated heterocycles. The lowest BCUT2D eigenvalue weighted by Crippen LogP contribution is -2.46. The van der Waals surface area contributed by atoms with Crippen molar-refractivity contribution in [2.45, 2.75) is 78.8 Å². The van der Waals surface area contributed by atoms with Gasteiger partial charge in [-0.05, 0) is 92.8 Å². The van der Waals surface area contributed by atoms with Gasteiger partial charge in [-0.15, -0.1) is 0 Å². The number of carbonyl (C=O) groups excluding carboxylic acids is 4. The van der Waals surface area contributed by atoms with Gasteiger partial charge < -0.3 is 29.9 Å². The number of ether oxygens (including phenoxy) is 1. The fourth-order valence-electron chi connectivity index (χ4n) is 7.38. The highest BCUT2D eigenvalue weighted by molar-refractivity contribution is 6.05. The monoisotopic (exact) mass is 748 g/mol. The molecule has 0 bridgehead atoms. The first-order chi connectivity index (χ1) is 26.6. The van der Waals surface area contributed by atoms with Crippen LogP contribution < -0.4 is 15.0 Å². The number of amides is 4. The molecule has 3 aromatic carbocycles. The molecule has 3 heterocycles. The second kappa shape index (κ2) is 17.8. The summed E-state index contributed by atoms with van der Waals surface area (Å²) in [6.45, 7) is 10.0. The van der Waals surface area contributed by atoms with Crippen molar-refractivity contribution in [3.63, 3.8) is 0 Å². The van der Waals surface area contributed by atoms with E-state index < -0.39 is 12.0 Å². The summed E-state index contributed by atoms with van der Waals surface area (Å²) < 4.78 is 7.14. The Labute approximate surface area is 323 Å². The predicted octanol–water partition coefficient (Wildman–Crippen LogP) is 6.17. The van der Waals surface area contributed by atoms with E-state index in [2.05, 4.69) is 19.2 Å². The molecule has 2 aliphatic heterocycles. The quantitative estimate of drug-likeness (QED) is 0.148. The van der Waals surface area contributed by atoms with Crippen LogP contribution in [0.15, 0.2) is 72.8 Å². The van der Waals surface area contributed by atoms with Crippen molar-refractivity contribution < 1.29 is 29.0 Å². The van der Waals surface area contributed by atoms with E-state index in [9.17, 15) is 24.3 Å². The summed E-state index contributed by atoms with van der Waals surface area (Å²) in [5.74, 6) is -0.893. The molecule has 1 aromatic heterocycles. The summed E-state index contributed by atoms with van der Waals surface area (Å²) in [6, 6.07) is 21.4. The van der Waals surface area contributed by atoms with Crippen LogP contribution in [-0.4, -0.2) is 87.2 Å². The fourth-order valence-corrected chi connectivity index (χ4v) is 7.38. The molecule has 4 amide bonds. The van der Waals surface area contributed by atoms with E-state index in [4.69, 9.17) is 9.84 Å². The van der Waals surface area contributed by atoms with Crippen LogP contribution in [0.25, 0.3) is 5.69 Å². The van der Waals surface area contributed by atoms with Crippen molar-refractivity contribution in [2.24, 2.45) is 5.92 Å². The van der Waals surface area contributed by atoms with Crippen molar-refractivity contribution in [3.8, 4) is 11.4 Å². The molecule has 0 spiro atoms. The zero-order valence-electron chi connectivity index (χ0n) is 32.3. The van der Waals surface area contributed by atoms with Gasteiger partial charge in [-0.3, -0.25) is 19.2 Å². The Bertz CT molecular complexity index is 2000. The van der Waals surface area contributed by atoms with Crippen LogP contribution in [-0.2, 0) is 22.6 Å². The number of hydrogen-bond donors (Lipinski definition) is 2. The second-order valence-electron chi connectivity index (χ2n) is 14.4. The number of benzene rings is 3. The average molecular weight is 749 g/mol. The number of aromatic nitrogens is 2. The number of aliphatic hydroxyl groups excluding tert-OH is 1. The summed E-state index contributed by atoms with van der Waals surface area (Å²) in [4.78, 5) is 60.3. The molecule has 0 saturated carbocycles. The molecule has 6 rings (SSSR count). The van der Waals surface area contributed by atoms with Crippen molar-refractivity contribution in [1.29, 1.82) is 0 Å². The van der Waals surface area contributed by atoms with Crippen LogP contribution in [0.2, 0.25) is 0 Å². The molecule has 2 N–H and O–H groups in total. The minimum Gasteiger partial charge on any atom is -0.494 e. The predicted molar refractivity (Wildman–Crippen MR) is 212 cm³/mol. The third-order valence-electron chi connectivity index (χ3n) is 10.5. The molecular formula is C43H52N6O6. The molecule has 12 heteroatoms. The molecule has 12 nitrogen and oxygen atoms in total. The first kappa shape index (κ1) is 39.2. The zero-order valence-corrected chi connectivity index (χ0v) is 32.3. The van der Waals surface area contributed by atoms with E-state index in [-0.39, 0.29) is 48.8 Å². The lowest BCUT2D eigenvalue weighted by atomic mass is 9.93. The van der Waals surface area contributed by atoms with Crippen molar-refractivity contribution in [3.05, 3.63) is 101 Å². The molecule has 290 valence electrons. The normalized spacial score (nSPS) is 16.6. The summed E-state index contributed by atoms with van der Waals surface area (Å²) in [5, 5.41) is 18.2. The van der Waals surface area contributed by atoms with E-state index in [1.807, 2.05) is 55.1 Å². The van der Waals surface area contributed by atoms with Gasteiger partial charge in [0.2, 0.25) is 11.8 Å². The number of nitrogens with one attached hydrogen (secondary N) is 1. The Morgan fingerprint density at radius 2 is 1.64 bits per heavy atom. The molecule has 0 aliphatic carbocycles. The summed E-state index contributed by atoms with van der Waals surface area (Å²) >= 11 is 0. The lowest BCUT2D eigenvalue weighted by molar-refractivity contribution is -0.122. The Hall–Kier alpha value is -5.49. The van der Waals surface area contributed by atoms with Gasteiger partial charge in [0.1, 0.15) is 5.75 Å². The van der Waals surface area contributed by atoms with Gasteiger partial charge in [-0.1, -0.05) is 51.0 Å². The number of aliphatic hydroxyl groups is 1. The Morgan fingerprint density at radius 1 is 0.927 bits per heavy atom. The number of rotatable bonds is 15. The highest BCUT2D eigenvalue weighted by Gasteiger charge is 2.36. The lowest BCUT2D eigenvalue weighted by Gasteiger charge is -2.36. The number of anilines is 2. The highest BCUT2D eigenvalue weighted by Crippen LogP contribution is 2.31. The number of fused-ring (bicyclic) bond motifs is 1. The van der Waals surface area contributed by atoms with Crippen molar-refractivity contribution >= 4 is 35.0 Å². The maximum atomic E-state index is 14.7. The van der Waals surface area contributed by atoms with Crippen LogP contribution in [0.4, 0.5) is 11.4 Å². The van der Waals surface area contributed by atoms with Gasteiger partial charge in [-0.2, -0.15) is 5.10 Å². The summed E-state index contributed by atoms with van der Waals surface area (Å²) in [7, 11) is 0. The fraction of sp³-hybridized carbons (Fsp3) is 0.419. The maximum Gasteiger partial charge on any atom is 0.274 e. The minimum atomic E-state index is -0.611. The molecule has 2 atom stereocenters. The first-order valence-electron chi connectivity index (χ1n) is 19.5. The van der Waals surface area contributed by atoms with Crippen molar-refractivity contribution in [1.82, 2.24) is 19.6 Å². The third kappa shape index (κ3) is 8.75. The van der Waals surface area contributed by atoms with Crippen LogP contribution in [0.5, 0.6) is 5.75 Å². The van der Waals surface area contributed by atoms with Gasteiger partial charge in [0.05, 0.1) is 36.4 Å². The molecule has 1 fully saturated rings. The molecular weight excluding hydrogens is 697 g/mol. The highest BCUT2D eigenvalue weighted by atomic mass is 16.5. The van der Waals surface area contributed by atoms with Crippen LogP contribution in [0.3, 0.4) is 0 Å². The number of nitrogens with zero attached hydrogens (tertiary/aromatic N) is 5. The number of hydrogen-bond acceptors (Lipinski definition) is 7. The number of aryl methyl sites for hydroxylation is 1. The first-order valence-corrected chi connectivity index (χ1v) is 19.5. The van der Waals surface area contributed by atoms with Gasteiger partial charge in [-0.25, -0.2) is 4.68 Å². The largest absolute Gasteiger partial charge is 0.494 e. The molecule has 2 unspecified atom stereocenters. The van der Waals surface area contributed by atoms with Crippen LogP contribution >= 0.6 is 0 Å². The van der Waals surface area contributed by atoms with E-state index >= 15 is 0 Å². The standard InChI is InChI=1S/C43H52N6O6/c1-5-8-20-46(21-9-6-2)43(54)38-22-29(4)49(45-38)39-19-14-33(25-37(39)42(53)48-26-31-13-11-10-12-30(31)23-35(48)28-50)44-41(52)32-24-40(51)47(27-32)34-15-17-36(18-16-34)55-7-3/h10-19,22,25,32,35,50H,5-9,20-21,23-24,26-28H2,1-4H3,(H,44,52). The Morgan fingerprint density at radius 3 is 2.31 bits per heavy atom. The SMILES string of the molecule is CCCCN(CCCC)C(=O)c1cc(C)n(-c2ccc(NC(=O)C3CC(=O)N(c4ccc(OCC)cc4)C3)cc2C(=O)N2Cc3ccccc3CC2CO)n1. The molecule has 55 heavy (non-hydrogen) atoms. The Balaban J connectivity index is 1.31. The number of carbonyl (C=O) groups is 4. The van der Waals surface area contributed by atoms with E-state index in [0.29, 0.717) is 66.9 Å². The van der Waals surface area contributed by atoms with E-state index in [1.165, 1.54) is 0 Å². The van der Waals surface area contributed by atoms with E-state index in [1.54, 1.807) is 50.9 Å². The van der Waals surface area contributed by atoms with Gasteiger partial charge in [0, 0.05) is 49.7 Å². The molecule has 4 aromatic rings. The molecule has 0 radical (unpaired) electrons. The number of unbranched alkanes of at least 4 members (excludes halogenated alkanes) is 2. The van der Waals surface area contributed by atoms with Crippen molar-refractivity contribution in [2.75, 3.05) is 43.1 Å². The van der Waals surface area contributed by atoms with Gasteiger partial charge in [0.15, 0.2) is 5.69 Å². The summed E-state index contributed by atoms with van der Waals surface area (Å²) in [5.41, 5.74) is 4.82. The smallest absolute Gasteiger partial charge is 0.274 e. The Kier molecular flexibility index (Phi) is 12.7. The van der Waals surface area contributed by atoms with Gasteiger partial charge in [0.25, 0.3) is 11.8 Å². The second-order valence-corrected chi connectivity index (χ2v) is 14.4. The van der Waals surface area contributed by atoms with E-state index in [0.717, 1.165) is 36.8 Å². The maximum absolute atomic E-state index is 14.7. The minimum absolute atomic E-state index is 0.0467. The average Bonchev–Trinajstić information content (AvgIpc) is 3.79. The third-order valence-corrected chi connectivity index (χ3v) is 10.5. The van der Waals surface area contributed by atoms with Gasteiger partial charge >= 0.3 is 0 Å².